The first-order valence-electron chi connectivity index (χ1n) is 7.66. The van der Waals surface area contributed by atoms with Crippen LogP contribution in [0.1, 0.15) is 60.7 Å². The highest BCUT2D eigenvalue weighted by Crippen LogP contribution is 2.07. The number of carbonyl (C=O) groups excluding carboxylic acids is 2. The van der Waals surface area contributed by atoms with E-state index < -0.39 is 0 Å². The lowest BCUT2D eigenvalue weighted by Gasteiger charge is -2.18. The number of hydrogen-bond donors (Lipinski definition) is 1. The minimum Gasteiger partial charge on any atom is -0.352 e. The number of nitrogens with zero attached hydrogens (tertiary/aromatic N) is 2. The summed E-state index contributed by atoms with van der Waals surface area (Å²) in [6, 6.07) is 1.61. The maximum absolute atomic E-state index is 12.2. The first kappa shape index (κ1) is 17.1. The van der Waals surface area contributed by atoms with Crippen LogP contribution in [0.5, 0.6) is 0 Å². The summed E-state index contributed by atoms with van der Waals surface area (Å²) in [6.45, 7) is 7.92. The summed E-state index contributed by atoms with van der Waals surface area (Å²) in [5.74, 6) is -0.263. The zero-order valence-electron chi connectivity index (χ0n) is 13.2. The van der Waals surface area contributed by atoms with E-state index in [-0.39, 0.29) is 11.8 Å². The first-order valence-corrected chi connectivity index (χ1v) is 7.66. The minimum absolute atomic E-state index is 0.0897. The number of aromatic nitrogens is 1. The normalized spacial score (nSPS) is 10.2. The smallest absolute Gasteiger partial charge is 0.255 e. The Balaban J connectivity index is 2.71. The molecular weight excluding hydrogens is 266 g/mol. The Labute approximate surface area is 126 Å². The van der Waals surface area contributed by atoms with Crippen LogP contribution >= 0.6 is 0 Å². The van der Waals surface area contributed by atoms with E-state index in [0.717, 1.165) is 19.3 Å². The van der Waals surface area contributed by atoms with Crippen molar-refractivity contribution in [2.75, 3.05) is 19.6 Å². The number of hydrogen-bond acceptors (Lipinski definition) is 3. The molecule has 0 radical (unpaired) electrons. The summed E-state index contributed by atoms with van der Waals surface area (Å²) in [5, 5.41) is 2.85. The molecular formula is C16H25N3O2. The summed E-state index contributed by atoms with van der Waals surface area (Å²) in [5.41, 5.74) is 0.893. The fraction of sp³-hybridized carbons (Fsp3) is 0.562. The molecule has 1 heterocycles. The van der Waals surface area contributed by atoms with Crippen LogP contribution in [0, 0.1) is 0 Å². The molecule has 0 spiro atoms. The molecule has 2 amide bonds. The molecule has 0 unspecified atom stereocenters. The summed E-state index contributed by atoms with van der Waals surface area (Å²) in [7, 11) is 0. The lowest BCUT2D eigenvalue weighted by atomic mass is 10.1. The van der Waals surface area contributed by atoms with Gasteiger partial charge in [-0.2, -0.15) is 0 Å². The molecule has 0 aromatic carbocycles. The van der Waals surface area contributed by atoms with E-state index in [9.17, 15) is 9.59 Å². The molecule has 0 aliphatic carbocycles. The van der Waals surface area contributed by atoms with Gasteiger partial charge in [0.1, 0.15) is 0 Å². The molecule has 0 aliphatic heterocycles. The van der Waals surface area contributed by atoms with Crippen LogP contribution < -0.4 is 5.32 Å². The first-order chi connectivity index (χ1) is 10.1. The van der Waals surface area contributed by atoms with Crippen molar-refractivity contribution in [2.45, 2.75) is 40.0 Å². The van der Waals surface area contributed by atoms with E-state index >= 15 is 0 Å². The molecule has 21 heavy (non-hydrogen) atoms. The standard InChI is InChI=1S/C16H25N3O2/c1-4-7-8-9-18-15(20)13-10-14(12-17-11-13)16(21)19(5-2)6-3/h10-12H,4-9H2,1-3H3,(H,18,20). The van der Waals surface area contributed by atoms with Crippen LogP contribution in [0.3, 0.4) is 0 Å². The average molecular weight is 291 g/mol. The van der Waals surface area contributed by atoms with Gasteiger partial charge in [0.25, 0.3) is 11.8 Å². The summed E-state index contributed by atoms with van der Waals surface area (Å²) >= 11 is 0. The molecule has 0 aliphatic rings. The Morgan fingerprint density at radius 1 is 1.10 bits per heavy atom. The molecule has 5 nitrogen and oxygen atoms in total. The Kier molecular flexibility index (Phi) is 7.43. The summed E-state index contributed by atoms with van der Waals surface area (Å²) in [6.07, 6.45) is 6.18. The fourth-order valence-electron chi connectivity index (χ4n) is 2.05. The highest BCUT2D eigenvalue weighted by molar-refractivity contribution is 5.99. The van der Waals surface area contributed by atoms with Gasteiger partial charge in [-0.05, 0) is 26.3 Å². The topological polar surface area (TPSA) is 62.3 Å². The van der Waals surface area contributed by atoms with E-state index in [1.54, 1.807) is 11.0 Å². The van der Waals surface area contributed by atoms with Crippen LogP contribution in [0.25, 0.3) is 0 Å². The monoisotopic (exact) mass is 291 g/mol. The number of amides is 2. The maximum Gasteiger partial charge on any atom is 0.255 e. The van der Waals surface area contributed by atoms with Crippen LogP contribution in [0.2, 0.25) is 0 Å². The van der Waals surface area contributed by atoms with Crippen molar-refractivity contribution in [2.24, 2.45) is 0 Å². The molecule has 0 bridgehead atoms. The van der Waals surface area contributed by atoms with E-state index in [0.29, 0.717) is 30.8 Å². The molecule has 1 N–H and O–H groups in total. The lowest BCUT2D eigenvalue weighted by molar-refractivity contribution is 0.0772. The van der Waals surface area contributed by atoms with Gasteiger partial charge in [0.2, 0.25) is 0 Å². The second kappa shape index (κ2) is 9.10. The number of unbranched alkanes of at least 4 members (excludes halogenated alkanes) is 2. The van der Waals surface area contributed by atoms with Crippen molar-refractivity contribution < 1.29 is 9.59 Å². The van der Waals surface area contributed by atoms with Gasteiger partial charge in [-0.25, -0.2) is 0 Å². The quantitative estimate of drug-likeness (QED) is 0.748. The molecule has 0 fully saturated rings. The van der Waals surface area contributed by atoms with Gasteiger partial charge in [0, 0.05) is 32.0 Å². The fourth-order valence-corrected chi connectivity index (χ4v) is 2.05. The third-order valence-electron chi connectivity index (χ3n) is 3.36. The summed E-state index contributed by atoms with van der Waals surface area (Å²) < 4.78 is 0. The van der Waals surface area contributed by atoms with Crippen molar-refractivity contribution in [1.29, 1.82) is 0 Å². The number of rotatable bonds is 8. The summed E-state index contributed by atoms with van der Waals surface area (Å²) in [4.78, 5) is 30.0. The second-order valence-corrected chi connectivity index (χ2v) is 4.90. The zero-order chi connectivity index (χ0) is 15.7. The molecule has 1 aromatic rings. The number of pyridine rings is 1. The Hall–Kier alpha value is -1.91. The van der Waals surface area contributed by atoms with Crippen molar-refractivity contribution >= 4 is 11.8 Å². The SMILES string of the molecule is CCCCCNC(=O)c1cncc(C(=O)N(CC)CC)c1. The van der Waals surface area contributed by atoms with Crippen molar-refractivity contribution in [3.05, 3.63) is 29.6 Å². The van der Waals surface area contributed by atoms with Crippen LogP contribution in [-0.4, -0.2) is 41.3 Å². The van der Waals surface area contributed by atoms with E-state index in [4.69, 9.17) is 0 Å². The average Bonchev–Trinajstić information content (AvgIpc) is 2.52. The predicted octanol–water partition coefficient (Wildman–Crippen LogP) is 2.48. The lowest BCUT2D eigenvalue weighted by Crippen LogP contribution is -2.31. The maximum atomic E-state index is 12.2. The third kappa shape index (κ3) is 5.17. The molecule has 1 aromatic heterocycles. The minimum atomic E-state index is -0.173. The van der Waals surface area contributed by atoms with Gasteiger partial charge in [-0.3, -0.25) is 14.6 Å². The largest absolute Gasteiger partial charge is 0.352 e. The third-order valence-corrected chi connectivity index (χ3v) is 3.36. The Morgan fingerprint density at radius 2 is 1.76 bits per heavy atom. The highest BCUT2D eigenvalue weighted by Gasteiger charge is 2.15. The van der Waals surface area contributed by atoms with Gasteiger partial charge in [0.05, 0.1) is 11.1 Å². The number of nitrogens with one attached hydrogen (secondary N) is 1. The predicted molar refractivity (Wildman–Crippen MR) is 83.3 cm³/mol. The van der Waals surface area contributed by atoms with Gasteiger partial charge in [-0.15, -0.1) is 0 Å². The Morgan fingerprint density at radius 3 is 2.38 bits per heavy atom. The second-order valence-electron chi connectivity index (χ2n) is 4.90. The molecule has 5 heteroatoms. The van der Waals surface area contributed by atoms with Crippen LogP contribution in [-0.2, 0) is 0 Å². The Bertz CT molecular complexity index is 470. The molecule has 116 valence electrons. The molecule has 0 saturated heterocycles. The zero-order valence-corrected chi connectivity index (χ0v) is 13.2. The van der Waals surface area contributed by atoms with Crippen molar-refractivity contribution in [1.82, 2.24) is 15.2 Å². The molecule has 0 saturated carbocycles. The van der Waals surface area contributed by atoms with Gasteiger partial charge >= 0.3 is 0 Å². The molecule has 0 atom stereocenters. The van der Waals surface area contributed by atoms with Crippen LogP contribution in [0.15, 0.2) is 18.5 Å². The van der Waals surface area contributed by atoms with E-state index in [1.807, 2.05) is 13.8 Å². The van der Waals surface area contributed by atoms with Gasteiger partial charge in [-0.1, -0.05) is 19.8 Å². The highest BCUT2D eigenvalue weighted by atomic mass is 16.2. The van der Waals surface area contributed by atoms with Gasteiger partial charge in [0.15, 0.2) is 0 Å². The van der Waals surface area contributed by atoms with Gasteiger partial charge < -0.3 is 10.2 Å². The molecule has 1 rings (SSSR count). The van der Waals surface area contributed by atoms with E-state index in [2.05, 4.69) is 17.2 Å². The van der Waals surface area contributed by atoms with E-state index in [1.165, 1.54) is 12.4 Å². The van der Waals surface area contributed by atoms with Crippen LogP contribution in [0.4, 0.5) is 0 Å². The number of carbonyl (C=O) groups is 2. The van der Waals surface area contributed by atoms with Crippen molar-refractivity contribution in [3.63, 3.8) is 0 Å². The van der Waals surface area contributed by atoms with Crippen molar-refractivity contribution in [3.8, 4) is 0 Å².